The lowest BCUT2D eigenvalue weighted by atomic mass is 10.0. The third kappa shape index (κ3) is 4.35. The Morgan fingerprint density at radius 3 is 2.59 bits per heavy atom. The molecule has 3 aliphatic rings. The van der Waals surface area contributed by atoms with Gasteiger partial charge >= 0.3 is 6.03 Å². The van der Waals surface area contributed by atoms with Crippen molar-refractivity contribution in [3.8, 4) is 17.2 Å². The number of aliphatic hydroxyl groups is 1. The zero-order valence-electron chi connectivity index (χ0n) is 24.0. The Balaban J connectivity index is 1.11. The van der Waals surface area contributed by atoms with Gasteiger partial charge < -0.3 is 20.5 Å². The number of halogens is 1. The van der Waals surface area contributed by atoms with Gasteiger partial charge in [0.2, 0.25) is 0 Å². The molecule has 3 aromatic carbocycles. The number of urea groups is 1. The maximum Gasteiger partial charge on any atom is 0.332 e. The average Bonchev–Trinajstić information content (AvgIpc) is 3.74. The van der Waals surface area contributed by atoms with Crippen LogP contribution in [0.4, 0.5) is 20.7 Å². The highest BCUT2D eigenvalue weighted by atomic mass is 19.1. The highest BCUT2D eigenvalue weighted by Crippen LogP contribution is 2.38. The number of hydrogen-bond acceptors (Lipinski definition) is 7. The summed E-state index contributed by atoms with van der Waals surface area (Å²) in [5, 5.41) is 14.3. The minimum Gasteiger partial charge on any atom is -0.454 e. The van der Waals surface area contributed by atoms with Crippen LogP contribution in [0.3, 0.4) is 0 Å². The summed E-state index contributed by atoms with van der Waals surface area (Å²) in [5.41, 5.74) is 11.4. The van der Waals surface area contributed by atoms with Crippen LogP contribution >= 0.6 is 0 Å². The van der Waals surface area contributed by atoms with Gasteiger partial charge in [-0.2, -0.15) is 5.10 Å². The van der Waals surface area contributed by atoms with Crippen molar-refractivity contribution in [3.63, 3.8) is 0 Å². The molecular formula is C33H28FN5O5. The number of Topliss-reactive ketones (excluding diaryl/α,β-unsaturated/α-hetero) is 1. The van der Waals surface area contributed by atoms with Crippen LogP contribution in [-0.4, -0.2) is 56.2 Å². The van der Waals surface area contributed by atoms with Crippen LogP contribution in [0.1, 0.15) is 39.0 Å². The summed E-state index contributed by atoms with van der Waals surface area (Å²) in [6.45, 7) is 3.79. The van der Waals surface area contributed by atoms with E-state index in [0.717, 1.165) is 22.3 Å². The van der Waals surface area contributed by atoms with Crippen molar-refractivity contribution < 1.29 is 28.6 Å². The molecule has 3 amide bonds. The highest BCUT2D eigenvalue weighted by Gasteiger charge is 2.51. The van der Waals surface area contributed by atoms with Crippen molar-refractivity contribution in [3.05, 3.63) is 100 Å². The van der Waals surface area contributed by atoms with Crippen LogP contribution in [0.25, 0.3) is 11.8 Å². The first-order valence-electron chi connectivity index (χ1n) is 14.2. The lowest BCUT2D eigenvalue weighted by Crippen LogP contribution is -2.35. The molecule has 1 aromatic heterocycles. The summed E-state index contributed by atoms with van der Waals surface area (Å²) in [7, 11) is 0. The van der Waals surface area contributed by atoms with Gasteiger partial charge in [0.05, 0.1) is 29.2 Å². The summed E-state index contributed by atoms with van der Waals surface area (Å²) < 4.78 is 21.2. The summed E-state index contributed by atoms with van der Waals surface area (Å²) in [4.78, 5) is 42.4. The Morgan fingerprint density at radius 1 is 1.07 bits per heavy atom. The largest absolute Gasteiger partial charge is 0.454 e. The van der Waals surface area contributed by atoms with Crippen molar-refractivity contribution in [2.45, 2.75) is 38.8 Å². The smallest absolute Gasteiger partial charge is 0.332 e. The molecular weight excluding hydrogens is 565 g/mol. The first kappa shape index (κ1) is 27.5. The first-order chi connectivity index (χ1) is 21.1. The Labute approximate surface area is 251 Å². The fourth-order valence-electron chi connectivity index (χ4n) is 6.21. The summed E-state index contributed by atoms with van der Waals surface area (Å²) >= 11 is 0. The Morgan fingerprint density at radius 2 is 1.84 bits per heavy atom. The lowest BCUT2D eigenvalue weighted by Gasteiger charge is -2.19. The lowest BCUT2D eigenvalue weighted by molar-refractivity contribution is -0.119. The number of hydrogen-bond donors (Lipinski definition) is 2. The molecule has 0 radical (unpaired) electrons. The molecule has 7 rings (SSSR count). The number of ether oxygens (including phenoxy) is 1. The van der Waals surface area contributed by atoms with Crippen molar-refractivity contribution >= 4 is 35.3 Å². The third-order valence-corrected chi connectivity index (χ3v) is 8.43. The Kier molecular flexibility index (Phi) is 6.36. The van der Waals surface area contributed by atoms with Crippen molar-refractivity contribution in [1.82, 2.24) is 14.7 Å². The van der Waals surface area contributed by atoms with Crippen molar-refractivity contribution in [2.24, 2.45) is 0 Å². The highest BCUT2D eigenvalue weighted by molar-refractivity contribution is 6.22. The molecule has 222 valence electrons. The molecule has 2 fully saturated rings. The van der Waals surface area contributed by atoms with Gasteiger partial charge in [0.1, 0.15) is 17.6 Å². The van der Waals surface area contributed by atoms with Crippen LogP contribution in [0, 0.1) is 19.7 Å². The average molecular weight is 594 g/mol. The summed E-state index contributed by atoms with van der Waals surface area (Å²) in [6, 6.07) is 13.9. The fourth-order valence-corrected chi connectivity index (χ4v) is 6.21. The number of allylic oxidation sites excluding steroid dienone is 1. The Hall–Kier alpha value is -5.29. The number of para-hydroxylation sites is 1. The number of nitrogen functional groups attached to an aromatic ring is 1. The normalized spacial score (nSPS) is 19.0. The predicted octanol–water partition coefficient (Wildman–Crippen LogP) is 4.73. The molecule has 0 saturated carbocycles. The van der Waals surface area contributed by atoms with E-state index in [4.69, 9.17) is 10.5 Å². The molecule has 10 nitrogen and oxygen atoms in total. The molecule has 4 aromatic rings. The molecule has 3 heterocycles. The number of nitrogens with zero attached hydrogens (tertiary/aromatic N) is 4. The molecule has 2 atom stereocenters. The third-order valence-electron chi connectivity index (χ3n) is 8.43. The second-order valence-electron chi connectivity index (χ2n) is 11.4. The number of nitrogens with two attached hydrogens (primary N) is 1. The predicted molar refractivity (Wildman–Crippen MR) is 160 cm³/mol. The van der Waals surface area contributed by atoms with Gasteiger partial charge in [0, 0.05) is 25.0 Å². The number of aromatic nitrogens is 2. The molecule has 11 heteroatoms. The van der Waals surface area contributed by atoms with Crippen LogP contribution < -0.4 is 15.4 Å². The van der Waals surface area contributed by atoms with E-state index in [-0.39, 0.29) is 41.8 Å². The van der Waals surface area contributed by atoms with E-state index in [1.807, 2.05) is 19.9 Å². The monoisotopic (exact) mass is 593 g/mol. The zero-order chi connectivity index (χ0) is 30.9. The van der Waals surface area contributed by atoms with Crippen LogP contribution in [0.15, 0.2) is 66.4 Å². The van der Waals surface area contributed by atoms with Gasteiger partial charge in [-0.3, -0.25) is 9.59 Å². The van der Waals surface area contributed by atoms with Crippen LogP contribution in [0.2, 0.25) is 0 Å². The van der Waals surface area contributed by atoms with E-state index in [2.05, 4.69) is 5.10 Å². The van der Waals surface area contributed by atoms with Gasteiger partial charge in [-0.1, -0.05) is 12.1 Å². The van der Waals surface area contributed by atoms with E-state index in [1.165, 1.54) is 26.7 Å². The molecule has 2 saturated heterocycles. The number of carbonyl (C=O) groups excluding carboxylic acids is 3. The van der Waals surface area contributed by atoms with Gasteiger partial charge in [-0.15, -0.1) is 0 Å². The number of rotatable bonds is 6. The minimum absolute atomic E-state index is 0.109. The van der Waals surface area contributed by atoms with Gasteiger partial charge in [0.25, 0.3) is 5.91 Å². The maximum atomic E-state index is 14.0. The number of amides is 3. The number of aliphatic hydroxyl groups excluding tert-OH is 1. The molecule has 0 bridgehead atoms. The maximum absolute atomic E-state index is 14.0. The van der Waals surface area contributed by atoms with Gasteiger partial charge in [0.15, 0.2) is 17.3 Å². The molecule has 2 aliphatic heterocycles. The number of ketones is 1. The van der Waals surface area contributed by atoms with E-state index in [9.17, 15) is 23.9 Å². The SMILES string of the molecule is Cc1cc2c(cc1N1C(=O)[C@@H]3C[C@@H](O)CN3C1=O)CC(C(=O)c1cnn(-c3ccc(Oc4ccccc4F)cc3C)c1N)=C2. The topological polar surface area (TPSA) is 131 Å². The quantitative estimate of drug-likeness (QED) is 0.244. The summed E-state index contributed by atoms with van der Waals surface area (Å²) in [6.07, 6.45) is 3.06. The van der Waals surface area contributed by atoms with Gasteiger partial charge in [-0.25, -0.2) is 18.8 Å². The second-order valence-corrected chi connectivity index (χ2v) is 11.4. The Bertz CT molecular complexity index is 1910. The molecule has 0 spiro atoms. The van der Waals surface area contributed by atoms with E-state index in [1.54, 1.807) is 48.5 Å². The number of imide groups is 1. The van der Waals surface area contributed by atoms with Crippen LogP contribution in [-0.2, 0) is 11.2 Å². The molecule has 3 N–H and O–H groups in total. The number of carbonyl (C=O) groups is 3. The molecule has 0 unspecified atom stereocenters. The van der Waals surface area contributed by atoms with Gasteiger partial charge in [-0.05, 0) is 84.6 Å². The van der Waals surface area contributed by atoms with Crippen LogP contribution in [0.5, 0.6) is 11.5 Å². The number of fused-ring (bicyclic) bond motifs is 2. The number of anilines is 2. The fraction of sp³-hybridized carbons (Fsp3) is 0.212. The molecule has 44 heavy (non-hydrogen) atoms. The minimum atomic E-state index is -0.700. The van der Waals surface area contributed by atoms with E-state index < -0.39 is 24.0 Å². The number of aryl methyl sites for hydroxylation is 2. The standard InChI is InChI=1S/C33H28FN5O5/c1-17-9-19-11-21(12-20(19)13-27(17)38-32(42)28-14-22(40)16-37(28)33(38)43)30(41)24-15-36-39(31(24)35)26-8-7-23(10-18(26)2)44-29-6-4-3-5-25(29)34/h3-11,13,15,22,28,40H,12,14,16,35H2,1-2H3/t22-,28+/m1/s1. The second kappa shape index (κ2) is 10.2. The zero-order valence-corrected chi connectivity index (χ0v) is 24.0. The van der Waals surface area contributed by atoms with E-state index in [0.29, 0.717) is 29.1 Å². The van der Waals surface area contributed by atoms with E-state index >= 15 is 0 Å². The number of benzene rings is 3. The molecule has 1 aliphatic carbocycles. The van der Waals surface area contributed by atoms with Crippen molar-refractivity contribution in [2.75, 3.05) is 17.2 Å². The van der Waals surface area contributed by atoms with Crippen molar-refractivity contribution in [1.29, 1.82) is 0 Å². The first-order valence-corrected chi connectivity index (χ1v) is 14.2. The summed E-state index contributed by atoms with van der Waals surface area (Å²) in [5.74, 6) is -0.369.